The monoisotopic (exact) mass is 232 g/mol. The van der Waals surface area contributed by atoms with Crippen LogP contribution in [-0.4, -0.2) is 18.2 Å². The highest BCUT2D eigenvalue weighted by Crippen LogP contribution is 2.27. The van der Waals surface area contributed by atoms with Gasteiger partial charge in [-0.05, 0) is 12.1 Å². The molecule has 0 aliphatic carbocycles. The van der Waals surface area contributed by atoms with Crippen molar-refractivity contribution in [1.29, 1.82) is 0 Å². The lowest BCUT2D eigenvalue weighted by Crippen LogP contribution is -2.09. The van der Waals surface area contributed by atoms with E-state index < -0.39 is 17.9 Å². The van der Waals surface area contributed by atoms with Gasteiger partial charge in [0, 0.05) is 10.6 Å². The molecule has 0 aromatic heterocycles. The highest BCUT2D eigenvalue weighted by atomic mass is 35.5. The van der Waals surface area contributed by atoms with Crippen molar-refractivity contribution in [2.75, 3.05) is 7.11 Å². The number of esters is 1. The first-order chi connectivity index (χ1) is 7.06. The molecule has 0 saturated carbocycles. The molecule has 0 radical (unpaired) electrons. The second-order valence-corrected chi connectivity index (χ2v) is 3.34. The Labute approximate surface area is 91.4 Å². The summed E-state index contributed by atoms with van der Waals surface area (Å²) in [6.07, 6.45) is -1.61. The molecule has 3 nitrogen and oxygen atoms in total. The van der Waals surface area contributed by atoms with Crippen LogP contribution in [0.1, 0.15) is 18.1 Å². The van der Waals surface area contributed by atoms with Gasteiger partial charge in [0.1, 0.15) is 5.82 Å². The summed E-state index contributed by atoms with van der Waals surface area (Å²) in [5.74, 6) is -1.26. The Morgan fingerprint density at radius 1 is 1.67 bits per heavy atom. The second-order valence-electron chi connectivity index (χ2n) is 2.93. The smallest absolute Gasteiger partial charge is 0.308 e. The molecule has 1 N–H and O–H groups in total. The Morgan fingerprint density at radius 3 is 2.87 bits per heavy atom. The van der Waals surface area contributed by atoms with Gasteiger partial charge in [0.2, 0.25) is 0 Å². The maximum Gasteiger partial charge on any atom is 0.308 e. The molecule has 0 spiro atoms. The van der Waals surface area contributed by atoms with Crippen molar-refractivity contribution in [1.82, 2.24) is 0 Å². The fourth-order valence-electron chi connectivity index (χ4n) is 1.17. The third-order valence-electron chi connectivity index (χ3n) is 1.92. The zero-order valence-corrected chi connectivity index (χ0v) is 8.79. The molecule has 1 rings (SSSR count). The van der Waals surface area contributed by atoms with E-state index in [9.17, 15) is 14.3 Å². The maximum atomic E-state index is 13.3. The number of aliphatic hydroxyl groups is 1. The zero-order chi connectivity index (χ0) is 11.4. The van der Waals surface area contributed by atoms with E-state index in [0.717, 1.165) is 0 Å². The number of hydrogen-bond acceptors (Lipinski definition) is 3. The number of carbonyl (C=O) groups excluding carboxylic acids is 1. The molecule has 1 atom stereocenters. The molecule has 5 heteroatoms. The predicted molar refractivity (Wildman–Crippen MR) is 53.0 cm³/mol. The molecule has 0 saturated heterocycles. The minimum absolute atomic E-state index is 0.0791. The molecule has 1 aromatic carbocycles. The largest absolute Gasteiger partial charge is 0.469 e. The standard InChI is InChI=1S/C10H10ClFO3/c1-15-9(14)5-8(13)10-6(11)3-2-4-7(10)12/h2-4,8,13H,5H2,1H3/t8-/m1/s1. The first-order valence-electron chi connectivity index (χ1n) is 4.25. The summed E-state index contributed by atoms with van der Waals surface area (Å²) in [4.78, 5) is 10.9. The topological polar surface area (TPSA) is 46.5 Å². The number of benzene rings is 1. The van der Waals surface area contributed by atoms with Crippen molar-refractivity contribution in [3.8, 4) is 0 Å². The quantitative estimate of drug-likeness (QED) is 0.812. The molecule has 0 aliphatic heterocycles. The van der Waals surface area contributed by atoms with E-state index in [-0.39, 0.29) is 17.0 Å². The SMILES string of the molecule is COC(=O)C[C@@H](O)c1c(F)cccc1Cl. The van der Waals surface area contributed by atoms with E-state index in [2.05, 4.69) is 4.74 Å². The Balaban J connectivity index is 2.90. The van der Waals surface area contributed by atoms with Gasteiger partial charge in [-0.15, -0.1) is 0 Å². The van der Waals surface area contributed by atoms with Crippen molar-refractivity contribution in [3.63, 3.8) is 0 Å². The van der Waals surface area contributed by atoms with Crippen LogP contribution >= 0.6 is 11.6 Å². The summed E-state index contributed by atoms with van der Waals surface area (Å²) in [5, 5.41) is 9.65. The third kappa shape index (κ3) is 2.91. The van der Waals surface area contributed by atoms with Gasteiger partial charge in [-0.3, -0.25) is 4.79 Å². The molecule has 0 fully saturated rings. The molecule has 1 aromatic rings. The molecular formula is C10H10ClFO3. The highest BCUT2D eigenvalue weighted by molar-refractivity contribution is 6.31. The number of rotatable bonds is 3. The van der Waals surface area contributed by atoms with Gasteiger partial charge in [-0.2, -0.15) is 0 Å². The number of hydrogen-bond donors (Lipinski definition) is 1. The van der Waals surface area contributed by atoms with Crippen molar-refractivity contribution < 1.29 is 19.0 Å². The fraction of sp³-hybridized carbons (Fsp3) is 0.300. The van der Waals surface area contributed by atoms with Crippen LogP contribution in [0.2, 0.25) is 5.02 Å². The van der Waals surface area contributed by atoms with Crippen molar-refractivity contribution in [3.05, 3.63) is 34.6 Å². The normalized spacial score (nSPS) is 12.3. The predicted octanol–water partition coefficient (Wildman–Crippen LogP) is 2.08. The lowest BCUT2D eigenvalue weighted by molar-refractivity contribution is -0.142. The van der Waals surface area contributed by atoms with Gasteiger partial charge < -0.3 is 9.84 Å². The summed E-state index contributed by atoms with van der Waals surface area (Å²) < 4.78 is 17.6. The minimum atomic E-state index is -1.29. The van der Waals surface area contributed by atoms with Crippen LogP contribution in [0.4, 0.5) is 4.39 Å². The van der Waals surface area contributed by atoms with E-state index in [1.165, 1.54) is 25.3 Å². The highest BCUT2D eigenvalue weighted by Gasteiger charge is 2.19. The zero-order valence-electron chi connectivity index (χ0n) is 8.04. The Morgan fingerprint density at radius 2 is 2.33 bits per heavy atom. The lowest BCUT2D eigenvalue weighted by atomic mass is 10.1. The molecule has 15 heavy (non-hydrogen) atoms. The number of methoxy groups -OCH3 is 1. The average Bonchev–Trinajstić information content (AvgIpc) is 2.17. The van der Waals surface area contributed by atoms with E-state index in [0.29, 0.717) is 0 Å². The number of aliphatic hydroxyl groups excluding tert-OH is 1. The van der Waals surface area contributed by atoms with E-state index >= 15 is 0 Å². The van der Waals surface area contributed by atoms with Crippen LogP contribution in [0.15, 0.2) is 18.2 Å². The van der Waals surface area contributed by atoms with Crippen molar-refractivity contribution >= 4 is 17.6 Å². The number of carbonyl (C=O) groups is 1. The van der Waals surface area contributed by atoms with Gasteiger partial charge in [0.05, 0.1) is 19.6 Å². The summed E-state index contributed by atoms with van der Waals surface area (Å²) in [5.41, 5.74) is -0.0791. The minimum Gasteiger partial charge on any atom is -0.469 e. The molecule has 0 aliphatic rings. The number of halogens is 2. The van der Waals surface area contributed by atoms with Crippen LogP contribution in [0.3, 0.4) is 0 Å². The first-order valence-corrected chi connectivity index (χ1v) is 4.63. The lowest BCUT2D eigenvalue weighted by Gasteiger charge is -2.11. The van der Waals surface area contributed by atoms with Gasteiger partial charge in [-0.1, -0.05) is 17.7 Å². The van der Waals surface area contributed by atoms with Gasteiger partial charge in [0.15, 0.2) is 0 Å². The van der Waals surface area contributed by atoms with Gasteiger partial charge in [-0.25, -0.2) is 4.39 Å². The molecular weight excluding hydrogens is 223 g/mol. The number of ether oxygens (including phenoxy) is 1. The fourth-order valence-corrected chi connectivity index (χ4v) is 1.46. The molecule has 0 unspecified atom stereocenters. The first kappa shape index (κ1) is 11.9. The van der Waals surface area contributed by atoms with Crippen LogP contribution in [-0.2, 0) is 9.53 Å². The van der Waals surface area contributed by atoms with Gasteiger partial charge in [0.25, 0.3) is 0 Å². The molecule has 0 heterocycles. The molecule has 82 valence electrons. The molecule has 0 amide bonds. The van der Waals surface area contributed by atoms with Crippen LogP contribution < -0.4 is 0 Å². The summed E-state index contributed by atoms with van der Waals surface area (Å²) in [6, 6.07) is 4.04. The van der Waals surface area contributed by atoms with Gasteiger partial charge >= 0.3 is 5.97 Å². The van der Waals surface area contributed by atoms with E-state index in [1.807, 2.05) is 0 Å². The van der Waals surface area contributed by atoms with Crippen LogP contribution in [0.25, 0.3) is 0 Å². The summed E-state index contributed by atoms with van der Waals surface area (Å²) in [6.45, 7) is 0. The summed E-state index contributed by atoms with van der Waals surface area (Å²) >= 11 is 5.70. The Kier molecular flexibility index (Phi) is 4.05. The third-order valence-corrected chi connectivity index (χ3v) is 2.25. The van der Waals surface area contributed by atoms with E-state index in [1.54, 1.807) is 0 Å². The Hall–Kier alpha value is -1.13. The van der Waals surface area contributed by atoms with Crippen LogP contribution in [0.5, 0.6) is 0 Å². The van der Waals surface area contributed by atoms with Crippen molar-refractivity contribution in [2.24, 2.45) is 0 Å². The van der Waals surface area contributed by atoms with E-state index in [4.69, 9.17) is 11.6 Å². The average molecular weight is 233 g/mol. The molecule has 0 bridgehead atoms. The maximum absolute atomic E-state index is 13.3. The van der Waals surface area contributed by atoms with Crippen molar-refractivity contribution in [2.45, 2.75) is 12.5 Å². The Bertz CT molecular complexity index is 347. The van der Waals surface area contributed by atoms with Crippen LogP contribution in [0, 0.1) is 5.82 Å². The summed E-state index contributed by atoms with van der Waals surface area (Å²) in [7, 11) is 1.19. The second kappa shape index (κ2) is 5.09.